The maximum Gasteiger partial charge on any atom is 0.407 e. The lowest BCUT2D eigenvalue weighted by Crippen LogP contribution is -2.61. The number of rotatable bonds is 19. The number of carbonyl (C=O) groups excluding carboxylic acids is 5. The van der Waals surface area contributed by atoms with Gasteiger partial charge in [-0.25, -0.2) is 19.2 Å². The molecule has 1 aromatic rings. The monoisotopic (exact) mass is 1500 g/mol. The first kappa shape index (κ1) is 94.7. The van der Waals surface area contributed by atoms with Crippen molar-refractivity contribution in [2.75, 3.05) is 68.6 Å². The molecule has 2 unspecified atom stereocenters. The fraction of sp³-hybridized carbons (Fsp3) is 0.806. The SMILES string of the molecule is C=C[C@@H](CO[Si](C)(C)C(C)(C)C)[C@@H](CO[Si](OC)(c1ccccc1)C(C)(C)C)NC(=O)OC(C)(C)C.CC(C)(C)OC(=O)N[C@@H]1CSCCC1CO[Si](C)(C)C(C)(C)C.CC(C)(C)OC(=O)N[C@@H]1CSCC[C@H]1C(=O)O.CC(C)(C)OC(=O)N[C@@H]1CSCC[C@H]1C=O.CC(C)C.[2H]CF. The molecule has 0 spiro atoms. The predicted octanol–water partition coefficient (Wildman–Crippen LogP) is 17.0. The standard InChI is InChI=1S/C28H51NO5Si2.C17H35NO3SSi.C11H19NO4S.C11H19NO3S.C4H10.CH3F/c1-14-22(20-32-35(12,13)27(5,6)7)24(29-25(30)34-26(2,3)4)21-33-36(31-11,28(8,9)10)23-18-16-15-17-19-23;1-16(2,3)21-15(19)18-14-12-22-10-9-13(14)11-20-23(7,8)17(4,5)6;1-11(2,3)16-10(15)12-8-6-17-5-4-7(8)9(13)14;1-11(2,3)15-10(14)12-9-7-16-5-4-8(9)6-13;1-4(2)3;1-2/h14-19,22,24H,1,20-21H2,2-13H3,(H,29,30);13-14H,9-12H2,1-8H3,(H,18,19);7-8H,4-6H2,1-3H3,(H,12,15)(H,13,14);6,8-9H,4-5,7H2,1-3H3,(H,12,14);4H,1-3H3;1H3/t22-,24+,36?;13?,14-;7-,8-;8-,9+;;/m0110../s1/i;;;;;1D. The van der Waals surface area contributed by atoms with Crippen LogP contribution in [0.2, 0.25) is 41.3 Å². The number of ether oxygens (including phenoxy) is 4. The number of carbonyl (C=O) groups is 6. The van der Waals surface area contributed by atoms with E-state index in [0.29, 0.717) is 24.7 Å². The molecule has 3 fully saturated rings. The van der Waals surface area contributed by atoms with Gasteiger partial charge < -0.3 is 67.8 Å². The molecule has 0 radical (unpaired) electrons. The number of nitrogens with one attached hydrogen (secondary N) is 4. The summed E-state index contributed by atoms with van der Waals surface area (Å²) in [7, 11) is -5.95. The number of amides is 4. The Morgan fingerprint density at radius 1 is 0.602 bits per heavy atom. The van der Waals surface area contributed by atoms with Gasteiger partial charge in [0.15, 0.2) is 16.6 Å². The Morgan fingerprint density at radius 2 is 0.990 bits per heavy atom. The van der Waals surface area contributed by atoms with Gasteiger partial charge in [-0.15, -0.1) is 6.58 Å². The van der Waals surface area contributed by atoms with Gasteiger partial charge in [0.05, 0.1) is 39.2 Å². The number of benzene rings is 1. The van der Waals surface area contributed by atoms with Crippen LogP contribution in [0.4, 0.5) is 23.6 Å². The summed E-state index contributed by atoms with van der Waals surface area (Å²) < 4.78 is 62.6. The number of aliphatic carboxylic acids is 1. The Hall–Kier alpha value is -3.35. The summed E-state index contributed by atoms with van der Waals surface area (Å²) in [6, 6.07) is 9.39. The summed E-state index contributed by atoms with van der Waals surface area (Å²) in [5.74, 6) is 4.87. The van der Waals surface area contributed by atoms with Crippen molar-refractivity contribution in [3.63, 3.8) is 0 Å². The topological polar surface area (TPSA) is 245 Å². The third-order valence-electron chi connectivity index (χ3n) is 16.2. The van der Waals surface area contributed by atoms with Crippen LogP contribution in [0.5, 0.6) is 0 Å². The largest absolute Gasteiger partial charge is 0.481 e. The van der Waals surface area contributed by atoms with E-state index in [2.05, 4.69) is 149 Å². The highest BCUT2D eigenvalue weighted by atomic mass is 32.2. The molecule has 3 heterocycles. The van der Waals surface area contributed by atoms with Crippen LogP contribution in [0.3, 0.4) is 0 Å². The third-order valence-corrected chi connectivity index (χ3v) is 32.8. The van der Waals surface area contributed by atoms with E-state index in [-0.39, 0.29) is 57.8 Å². The molecular weight excluding hydrogens is 1360 g/mol. The van der Waals surface area contributed by atoms with Crippen LogP contribution >= 0.6 is 35.3 Å². The number of hydrogen-bond donors (Lipinski definition) is 5. The molecule has 4 amide bonds. The van der Waals surface area contributed by atoms with Gasteiger partial charge in [-0.05, 0) is 167 Å². The normalized spacial score (nSPS) is 20.7. The first-order valence-corrected chi connectivity index (χ1v) is 45.5. The summed E-state index contributed by atoms with van der Waals surface area (Å²) in [5.41, 5.74) is -2.14. The summed E-state index contributed by atoms with van der Waals surface area (Å²) in [6.07, 6.45) is 3.48. The number of thioether (sulfide) groups is 3. The lowest BCUT2D eigenvalue weighted by molar-refractivity contribution is -0.142. The number of alkyl halides is 1. The minimum Gasteiger partial charge on any atom is -0.481 e. The van der Waals surface area contributed by atoms with Gasteiger partial charge in [0.2, 0.25) is 0 Å². The molecule has 0 saturated carbocycles. The van der Waals surface area contributed by atoms with Crippen LogP contribution in [-0.2, 0) is 46.2 Å². The van der Waals surface area contributed by atoms with Crippen molar-refractivity contribution in [2.24, 2.45) is 29.6 Å². The highest BCUT2D eigenvalue weighted by Gasteiger charge is 2.52. The van der Waals surface area contributed by atoms with E-state index < -0.39 is 91.0 Å². The molecule has 9 atom stereocenters. The van der Waals surface area contributed by atoms with E-state index in [4.69, 9.17) is 43.1 Å². The molecule has 0 aliphatic carbocycles. The zero-order valence-corrected chi connectivity index (χ0v) is 71.4. The van der Waals surface area contributed by atoms with Crippen molar-refractivity contribution in [3.05, 3.63) is 43.0 Å². The number of alkyl carbamates (subject to hydrolysis) is 4. The molecule has 4 rings (SSSR count). The lowest BCUT2D eigenvalue weighted by atomic mass is 9.98. The second-order valence-corrected chi connectivity index (χ2v) is 50.7. The first-order chi connectivity index (χ1) is 45.0. The van der Waals surface area contributed by atoms with Crippen LogP contribution in [0.15, 0.2) is 43.0 Å². The summed E-state index contributed by atoms with van der Waals surface area (Å²) in [5, 5.41) is 21.6. The number of halogens is 1. The van der Waals surface area contributed by atoms with Crippen LogP contribution in [-0.4, -0.2) is 182 Å². The van der Waals surface area contributed by atoms with Crippen molar-refractivity contribution in [3.8, 4) is 0 Å². The zero-order chi connectivity index (χ0) is 77.4. The summed E-state index contributed by atoms with van der Waals surface area (Å²) in [4.78, 5) is 69.8. The molecular formula is C72H137FN4O15S3Si3. The van der Waals surface area contributed by atoms with E-state index in [1.54, 1.807) is 51.4 Å². The number of hydrogen-bond acceptors (Lipinski definition) is 17. The average Bonchev–Trinajstić information content (AvgIpc) is 0.772. The van der Waals surface area contributed by atoms with E-state index >= 15 is 0 Å². The number of aldehydes is 1. The fourth-order valence-electron chi connectivity index (χ4n) is 8.97. The molecule has 3 saturated heterocycles. The Balaban J connectivity index is 0. The van der Waals surface area contributed by atoms with Crippen molar-refractivity contribution in [2.45, 2.75) is 273 Å². The van der Waals surface area contributed by atoms with Gasteiger partial charge in [0.1, 0.15) is 28.7 Å². The van der Waals surface area contributed by atoms with Crippen molar-refractivity contribution in [1.82, 2.24) is 21.3 Å². The van der Waals surface area contributed by atoms with Crippen molar-refractivity contribution < 1.29 is 76.3 Å². The smallest absolute Gasteiger partial charge is 0.407 e. The summed E-state index contributed by atoms with van der Waals surface area (Å²) in [6.45, 7) is 62.8. The summed E-state index contributed by atoms with van der Waals surface area (Å²) >= 11 is 5.29. The molecule has 0 aromatic heterocycles. The minimum atomic E-state index is -2.91. The van der Waals surface area contributed by atoms with Gasteiger partial charge in [-0.2, -0.15) is 35.3 Å². The highest BCUT2D eigenvalue weighted by Crippen LogP contribution is 2.40. The Kier molecular flexibility index (Phi) is 42.2. The molecule has 19 nitrogen and oxygen atoms in total. The minimum absolute atomic E-state index is 0.0704. The average molecular weight is 1500 g/mol. The van der Waals surface area contributed by atoms with Crippen molar-refractivity contribution >= 4 is 102 Å². The van der Waals surface area contributed by atoms with E-state index in [1.807, 2.05) is 98.4 Å². The van der Waals surface area contributed by atoms with Gasteiger partial charge >= 0.3 is 38.9 Å². The second kappa shape index (κ2) is 43.7. The molecule has 572 valence electrons. The van der Waals surface area contributed by atoms with Crippen LogP contribution in [0.25, 0.3) is 0 Å². The molecule has 26 heteroatoms. The maximum absolute atomic E-state index is 12.8. The fourth-order valence-corrected chi connectivity index (χ4v) is 18.1. The first-order valence-electron chi connectivity index (χ1n) is 35.1. The van der Waals surface area contributed by atoms with Gasteiger partial charge in [0, 0.05) is 66.4 Å². The number of carboxylic acids is 1. The van der Waals surface area contributed by atoms with Gasteiger partial charge in [0.25, 0.3) is 0 Å². The zero-order valence-electron chi connectivity index (χ0n) is 66.9. The third kappa shape index (κ3) is 39.9. The van der Waals surface area contributed by atoms with Crippen molar-refractivity contribution in [1.29, 1.82) is 0 Å². The molecule has 3 aliphatic heterocycles. The number of carboxylic acid groups (broad SMARTS) is 1. The molecule has 1 aromatic carbocycles. The van der Waals surface area contributed by atoms with E-state index in [0.717, 1.165) is 65.6 Å². The van der Waals surface area contributed by atoms with Gasteiger partial charge in [-0.1, -0.05) is 119 Å². The van der Waals surface area contributed by atoms with Crippen LogP contribution in [0, 0.1) is 29.6 Å². The van der Waals surface area contributed by atoms with Crippen LogP contribution < -0.4 is 26.5 Å². The van der Waals surface area contributed by atoms with Gasteiger partial charge in [-0.3, -0.25) is 9.18 Å². The highest BCUT2D eigenvalue weighted by molar-refractivity contribution is 7.99. The molecule has 0 bridgehead atoms. The Bertz CT molecular complexity index is 2520. The van der Waals surface area contributed by atoms with Crippen LogP contribution in [0.1, 0.15) is 187 Å². The quantitative estimate of drug-likeness (QED) is 0.0374. The second-order valence-electron chi connectivity index (χ2n) is 33.6. The molecule has 98 heavy (non-hydrogen) atoms. The van der Waals surface area contributed by atoms with E-state index in [9.17, 15) is 33.2 Å². The lowest BCUT2D eigenvalue weighted by Gasteiger charge is -2.42. The maximum atomic E-state index is 12.8. The van der Waals surface area contributed by atoms with E-state index in [1.165, 1.54) is 0 Å². The Morgan fingerprint density at radius 3 is 1.39 bits per heavy atom. The predicted molar refractivity (Wildman–Crippen MR) is 415 cm³/mol. The molecule has 5 N–H and O–H groups in total. The molecule has 3 aliphatic rings. The Labute approximate surface area is 610 Å².